The molecule has 1 saturated carbocycles. The highest BCUT2D eigenvalue weighted by atomic mass is 35.5. The van der Waals surface area contributed by atoms with Gasteiger partial charge in [-0.15, -0.1) is 23.2 Å². The fraction of sp³-hybridized carbons (Fsp3) is 0.538. The van der Waals surface area contributed by atoms with Gasteiger partial charge in [0.1, 0.15) is 4.33 Å². The molecule has 0 bridgehead atoms. The molecule has 1 unspecified atom stereocenters. The van der Waals surface area contributed by atoms with Gasteiger partial charge in [-0.3, -0.25) is 0 Å². The van der Waals surface area contributed by atoms with E-state index in [4.69, 9.17) is 23.2 Å². The van der Waals surface area contributed by atoms with Crippen molar-refractivity contribution < 1.29 is 0 Å². The van der Waals surface area contributed by atoms with Crippen LogP contribution in [0.15, 0.2) is 30.3 Å². The summed E-state index contributed by atoms with van der Waals surface area (Å²) in [5.41, 5.74) is 1.29. The van der Waals surface area contributed by atoms with Gasteiger partial charge in [0.25, 0.3) is 0 Å². The number of halogens is 2. The second kappa shape index (κ2) is 3.15. The molecule has 1 aliphatic carbocycles. The summed E-state index contributed by atoms with van der Waals surface area (Å²) in [7, 11) is 0. The highest BCUT2D eigenvalue weighted by molar-refractivity contribution is 6.51. The summed E-state index contributed by atoms with van der Waals surface area (Å²) in [4.78, 5) is 0. The Hall–Kier alpha value is -0.200. The summed E-state index contributed by atoms with van der Waals surface area (Å²) >= 11 is 12.5. The Balaban J connectivity index is 2.38. The van der Waals surface area contributed by atoms with Crippen LogP contribution < -0.4 is 0 Å². The van der Waals surface area contributed by atoms with Crippen LogP contribution in [0.1, 0.15) is 32.8 Å². The van der Waals surface area contributed by atoms with Crippen molar-refractivity contribution in [3.63, 3.8) is 0 Å². The van der Waals surface area contributed by atoms with Crippen LogP contribution in [-0.4, -0.2) is 4.33 Å². The Morgan fingerprint density at radius 2 is 1.60 bits per heavy atom. The Kier molecular flexibility index (Phi) is 2.37. The first-order valence-corrected chi connectivity index (χ1v) is 6.00. The molecule has 0 radical (unpaired) electrons. The number of rotatable bonds is 2. The third kappa shape index (κ3) is 1.50. The molecule has 0 heterocycles. The number of hydrogen-bond donors (Lipinski definition) is 0. The standard InChI is InChI=1S/C13H16Cl2/c1-11(2,10-7-5-4-6-8-10)12(3)9-13(12,14)15/h4-8H,9H2,1-3H3. The monoisotopic (exact) mass is 242 g/mol. The lowest BCUT2D eigenvalue weighted by Gasteiger charge is -2.34. The molecule has 0 saturated heterocycles. The van der Waals surface area contributed by atoms with Crippen molar-refractivity contribution in [3.05, 3.63) is 35.9 Å². The second-order valence-corrected chi connectivity index (χ2v) is 6.69. The summed E-state index contributed by atoms with van der Waals surface area (Å²) in [5, 5.41) is 0. The van der Waals surface area contributed by atoms with Crippen molar-refractivity contribution >= 4 is 23.2 Å². The zero-order valence-electron chi connectivity index (χ0n) is 9.35. The van der Waals surface area contributed by atoms with E-state index < -0.39 is 4.33 Å². The summed E-state index contributed by atoms with van der Waals surface area (Å²) in [6, 6.07) is 10.4. The van der Waals surface area contributed by atoms with E-state index in [2.05, 4.69) is 45.0 Å². The maximum atomic E-state index is 6.25. The summed E-state index contributed by atoms with van der Waals surface area (Å²) in [6.45, 7) is 6.60. The maximum Gasteiger partial charge on any atom is 0.125 e. The van der Waals surface area contributed by atoms with Crippen molar-refractivity contribution in [2.45, 2.75) is 36.9 Å². The van der Waals surface area contributed by atoms with E-state index in [1.165, 1.54) is 5.56 Å². The fourth-order valence-electron chi connectivity index (χ4n) is 2.25. The lowest BCUT2D eigenvalue weighted by Crippen LogP contribution is -2.31. The Bertz CT molecular complexity index is 367. The third-order valence-electron chi connectivity index (χ3n) is 4.13. The molecule has 0 N–H and O–H groups in total. The molecule has 1 aliphatic rings. The summed E-state index contributed by atoms with van der Waals surface area (Å²) < 4.78 is -0.563. The van der Waals surface area contributed by atoms with E-state index in [0.717, 1.165) is 6.42 Å². The van der Waals surface area contributed by atoms with E-state index >= 15 is 0 Å². The molecule has 0 amide bonds. The Labute approximate surface area is 102 Å². The molecular formula is C13H16Cl2. The normalized spacial score (nSPS) is 28.9. The molecule has 1 fully saturated rings. The molecule has 1 aromatic rings. The molecule has 15 heavy (non-hydrogen) atoms. The van der Waals surface area contributed by atoms with E-state index in [1.54, 1.807) is 0 Å². The zero-order chi connectivity index (χ0) is 11.3. The molecule has 0 nitrogen and oxygen atoms in total. The first-order valence-electron chi connectivity index (χ1n) is 5.25. The highest BCUT2D eigenvalue weighted by Gasteiger charge is 2.69. The van der Waals surface area contributed by atoms with Gasteiger partial charge in [0.2, 0.25) is 0 Å². The molecule has 0 spiro atoms. The molecule has 1 atom stereocenters. The molecular weight excluding hydrogens is 227 g/mol. The van der Waals surface area contributed by atoms with E-state index in [1.807, 2.05) is 6.07 Å². The van der Waals surface area contributed by atoms with Gasteiger partial charge in [-0.1, -0.05) is 51.1 Å². The van der Waals surface area contributed by atoms with Crippen LogP contribution >= 0.6 is 23.2 Å². The SMILES string of the molecule is CC(C)(c1ccccc1)C1(C)CC1(Cl)Cl. The van der Waals surface area contributed by atoms with Gasteiger partial charge < -0.3 is 0 Å². The van der Waals surface area contributed by atoms with Crippen LogP contribution in [0.4, 0.5) is 0 Å². The van der Waals surface area contributed by atoms with Crippen LogP contribution in [0.25, 0.3) is 0 Å². The van der Waals surface area contributed by atoms with Crippen molar-refractivity contribution in [2.75, 3.05) is 0 Å². The minimum Gasteiger partial charge on any atom is -0.101 e. The van der Waals surface area contributed by atoms with Crippen LogP contribution in [0, 0.1) is 5.41 Å². The number of alkyl halides is 2. The van der Waals surface area contributed by atoms with Crippen LogP contribution in [0.3, 0.4) is 0 Å². The van der Waals surface area contributed by atoms with Gasteiger partial charge in [-0.05, 0) is 17.4 Å². The molecule has 1 aromatic carbocycles. The van der Waals surface area contributed by atoms with Crippen LogP contribution in [0.5, 0.6) is 0 Å². The third-order valence-corrected chi connectivity index (χ3v) is 5.23. The Morgan fingerprint density at radius 1 is 1.13 bits per heavy atom. The fourth-order valence-corrected chi connectivity index (χ4v) is 3.26. The first kappa shape index (κ1) is 11.3. The quantitative estimate of drug-likeness (QED) is 0.668. The molecule has 2 rings (SSSR count). The topological polar surface area (TPSA) is 0 Å². The minimum atomic E-state index is -0.563. The van der Waals surface area contributed by atoms with Crippen LogP contribution in [-0.2, 0) is 5.41 Å². The molecule has 0 aliphatic heterocycles. The maximum absolute atomic E-state index is 6.25. The average Bonchev–Trinajstić information content (AvgIpc) is 2.69. The van der Waals surface area contributed by atoms with E-state index in [-0.39, 0.29) is 10.8 Å². The largest absolute Gasteiger partial charge is 0.125 e. The summed E-state index contributed by atoms with van der Waals surface area (Å²) in [6.07, 6.45) is 0.866. The molecule has 0 aromatic heterocycles. The van der Waals surface area contributed by atoms with Crippen molar-refractivity contribution in [1.29, 1.82) is 0 Å². The van der Waals surface area contributed by atoms with Gasteiger partial charge >= 0.3 is 0 Å². The van der Waals surface area contributed by atoms with Gasteiger partial charge in [-0.2, -0.15) is 0 Å². The molecule has 2 heteroatoms. The van der Waals surface area contributed by atoms with Gasteiger partial charge in [-0.25, -0.2) is 0 Å². The number of benzene rings is 1. The van der Waals surface area contributed by atoms with Crippen molar-refractivity contribution in [2.24, 2.45) is 5.41 Å². The minimum absolute atomic E-state index is 0.0117. The second-order valence-electron chi connectivity index (χ2n) is 5.20. The van der Waals surface area contributed by atoms with Crippen molar-refractivity contribution in [1.82, 2.24) is 0 Å². The van der Waals surface area contributed by atoms with E-state index in [9.17, 15) is 0 Å². The zero-order valence-corrected chi connectivity index (χ0v) is 10.9. The Morgan fingerprint density at radius 3 is 2.00 bits per heavy atom. The van der Waals surface area contributed by atoms with E-state index in [0.29, 0.717) is 0 Å². The van der Waals surface area contributed by atoms with Gasteiger partial charge in [0.05, 0.1) is 0 Å². The van der Waals surface area contributed by atoms with Gasteiger partial charge in [0.15, 0.2) is 0 Å². The van der Waals surface area contributed by atoms with Crippen LogP contribution in [0.2, 0.25) is 0 Å². The lowest BCUT2D eigenvalue weighted by atomic mass is 9.72. The summed E-state index contributed by atoms with van der Waals surface area (Å²) in [5.74, 6) is 0. The lowest BCUT2D eigenvalue weighted by molar-refractivity contribution is 0.315. The predicted octanol–water partition coefficient (Wildman–Crippen LogP) is 4.55. The predicted molar refractivity (Wildman–Crippen MR) is 66.6 cm³/mol. The highest BCUT2D eigenvalue weighted by Crippen LogP contribution is 2.71. The first-order chi connectivity index (χ1) is 6.81. The molecule has 82 valence electrons. The smallest absolute Gasteiger partial charge is 0.101 e. The number of hydrogen-bond acceptors (Lipinski definition) is 0. The van der Waals surface area contributed by atoms with Crippen molar-refractivity contribution in [3.8, 4) is 0 Å². The van der Waals surface area contributed by atoms with Gasteiger partial charge in [0, 0.05) is 5.41 Å². The average molecular weight is 243 g/mol.